The van der Waals surface area contributed by atoms with Crippen molar-refractivity contribution in [3.63, 3.8) is 0 Å². The van der Waals surface area contributed by atoms with Gasteiger partial charge in [-0.05, 0) is 74.0 Å². The molecule has 0 radical (unpaired) electrons. The third-order valence-electron chi connectivity index (χ3n) is 5.96. The normalized spacial score (nSPS) is 26.3. The van der Waals surface area contributed by atoms with Gasteiger partial charge in [-0.3, -0.25) is 9.80 Å². The van der Waals surface area contributed by atoms with Crippen LogP contribution in [0.2, 0.25) is 0 Å². The van der Waals surface area contributed by atoms with Crippen LogP contribution in [0.25, 0.3) is 0 Å². The van der Waals surface area contributed by atoms with Gasteiger partial charge in [0.05, 0.1) is 12.2 Å². The molecule has 2 aliphatic rings. The fourth-order valence-corrected chi connectivity index (χ4v) is 4.27. The molecule has 0 saturated carbocycles. The van der Waals surface area contributed by atoms with Crippen LogP contribution in [-0.4, -0.2) is 96.0 Å². The van der Waals surface area contributed by atoms with E-state index in [1.165, 1.54) is 25.9 Å². The molecule has 2 heterocycles. The quantitative estimate of drug-likeness (QED) is 0.789. The average Bonchev–Trinajstić information content (AvgIpc) is 2.53. The molecule has 148 valence electrons. The smallest absolute Gasteiger partial charge is 0.0599 e. The van der Waals surface area contributed by atoms with E-state index in [9.17, 15) is 5.11 Å². The first kappa shape index (κ1) is 21.1. The molecule has 0 bridgehead atoms. The van der Waals surface area contributed by atoms with Crippen LogP contribution in [0, 0.1) is 0 Å². The fourth-order valence-electron chi connectivity index (χ4n) is 4.27. The second-order valence-corrected chi connectivity index (χ2v) is 9.58. The molecule has 1 unspecified atom stereocenters. The Kier molecular flexibility index (Phi) is 7.31. The van der Waals surface area contributed by atoms with Crippen molar-refractivity contribution in [2.75, 3.05) is 53.0 Å². The lowest BCUT2D eigenvalue weighted by Gasteiger charge is -2.51. The molecule has 0 amide bonds. The van der Waals surface area contributed by atoms with Gasteiger partial charge in [0.15, 0.2) is 0 Å². The van der Waals surface area contributed by atoms with Crippen LogP contribution in [0.1, 0.15) is 53.9 Å². The number of hydrogen-bond donors (Lipinski definition) is 1. The molecular weight excluding hydrogens is 314 g/mol. The lowest BCUT2D eigenvalue weighted by molar-refractivity contribution is -0.0641. The van der Waals surface area contributed by atoms with Gasteiger partial charge in [-0.15, -0.1) is 0 Å². The SMILES string of the molecule is CN1CCC(N2CCN(C(C)(C)CCOC(C)(C)C)C(CO)C2)CC1. The molecule has 5 nitrogen and oxygen atoms in total. The van der Waals surface area contributed by atoms with Gasteiger partial charge in [-0.1, -0.05) is 0 Å². The van der Waals surface area contributed by atoms with Crippen molar-refractivity contribution < 1.29 is 9.84 Å². The zero-order valence-corrected chi connectivity index (χ0v) is 17.4. The largest absolute Gasteiger partial charge is 0.395 e. The van der Waals surface area contributed by atoms with Crippen LogP contribution in [0.5, 0.6) is 0 Å². The Hall–Kier alpha value is -0.200. The zero-order chi connectivity index (χ0) is 18.7. The second kappa shape index (κ2) is 8.66. The highest BCUT2D eigenvalue weighted by atomic mass is 16.5. The topological polar surface area (TPSA) is 39.2 Å². The zero-order valence-electron chi connectivity index (χ0n) is 17.4. The van der Waals surface area contributed by atoms with Gasteiger partial charge in [0.1, 0.15) is 0 Å². The van der Waals surface area contributed by atoms with Gasteiger partial charge in [-0.2, -0.15) is 0 Å². The Morgan fingerprint density at radius 3 is 2.20 bits per heavy atom. The Balaban J connectivity index is 1.89. The number of piperidine rings is 1. The van der Waals surface area contributed by atoms with E-state index in [0.717, 1.165) is 32.7 Å². The van der Waals surface area contributed by atoms with Crippen molar-refractivity contribution in [3.05, 3.63) is 0 Å². The summed E-state index contributed by atoms with van der Waals surface area (Å²) in [5, 5.41) is 10.0. The van der Waals surface area contributed by atoms with Crippen molar-refractivity contribution in [1.29, 1.82) is 0 Å². The van der Waals surface area contributed by atoms with Gasteiger partial charge >= 0.3 is 0 Å². The first-order valence-electron chi connectivity index (χ1n) is 10.1. The van der Waals surface area contributed by atoms with E-state index in [-0.39, 0.29) is 23.8 Å². The number of ether oxygens (including phenoxy) is 1. The minimum Gasteiger partial charge on any atom is -0.395 e. The Morgan fingerprint density at radius 1 is 1.00 bits per heavy atom. The Labute approximate surface area is 155 Å². The molecule has 0 spiro atoms. The number of aliphatic hydroxyl groups is 1. The predicted octanol–water partition coefficient (Wildman–Crippen LogP) is 2.04. The summed E-state index contributed by atoms with van der Waals surface area (Å²) in [7, 11) is 2.22. The predicted molar refractivity (Wildman–Crippen MR) is 104 cm³/mol. The highest BCUT2D eigenvalue weighted by Gasteiger charge is 2.38. The first-order chi connectivity index (χ1) is 11.6. The highest BCUT2D eigenvalue weighted by Crippen LogP contribution is 2.28. The molecule has 1 atom stereocenters. The number of aliphatic hydroxyl groups excluding tert-OH is 1. The molecule has 1 N–H and O–H groups in total. The standard InChI is InChI=1S/C20H41N3O2/c1-19(2,3)25-14-9-20(4,5)23-13-12-22(15-18(23)16-24)17-7-10-21(6)11-8-17/h17-18,24H,7-16H2,1-6H3. The monoisotopic (exact) mass is 355 g/mol. The molecule has 2 rings (SSSR count). The van der Waals surface area contributed by atoms with Crippen LogP contribution in [0.4, 0.5) is 0 Å². The lowest BCUT2D eigenvalue weighted by atomic mass is 9.93. The van der Waals surface area contributed by atoms with E-state index in [1.54, 1.807) is 0 Å². The van der Waals surface area contributed by atoms with Gasteiger partial charge in [0.2, 0.25) is 0 Å². The average molecular weight is 356 g/mol. The minimum absolute atomic E-state index is 0.0531. The van der Waals surface area contributed by atoms with Crippen LogP contribution in [0.3, 0.4) is 0 Å². The van der Waals surface area contributed by atoms with E-state index < -0.39 is 0 Å². The third-order valence-corrected chi connectivity index (χ3v) is 5.96. The Bertz CT molecular complexity index is 400. The van der Waals surface area contributed by atoms with Gasteiger partial charge in [-0.25, -0.2) is 0 Å². The van der Waals surface area contributed by atoms with E-state index >= 15 is 0 Å². The molecule has 0 aromatic carbocycles. The number of hydrogen-bond acceptors (Lipinski definition) is 5. The van der Waals surface area contributed by atoms with Crippen LogP contribution >= 0.6 is 0 Å². The summed E-state index contributed by atoms with van der Waals surface area (Å²) in [4.78, 5) is 7.57. The summed E-state index contributed by atoms with van der Waals surface area (Å²) in [5.74, 6) is 0. The summed E-state index contributed by atoms with van der Waals surface area (Å²) in [6.45, 7) is 17.5. The van der Waals surface area contributed by atoms with Gasteiger partial charge in [0, 0.05) is 43.9 Å². The summed E-state index contributed by atoms with van der Waals surface area (Å²) in [5.41, 5.74) is -0.0309. The third kappa shape index (κ3) is 6.17. The molecule has 2 saturated heterocycles. The van der Waals surface area contributed by atoms with Crippen molar-refractivity contribution in [2.24, 2.45) is 0 Å². The molecular formula is C20H41N3O2. The summed E-state index contributed by atoms with van der Waals surface area (Å²) in [6.07, 6.45) is 3.52. The first-order valence-corrected chi connectivity index (χ1v) is 10.1. The summed E-state index contributed by atoms with van der Waals surface area (Å²) in [6, 6.07) is 0.928. The van der Waals surface area contributed by atoms with E-state index in [4.69, 9.17) is 4.74 Å². The molecule has 25 heavy (non-hydrogen) atoms. The minimum atomic E-state index is -0.0840. The van der Waals surface area contributed by atoms with Crippen molar-refractivity contribution in [1.82, 2.24) is 14.7 Å². The molecule has 0 aromatic rings. The van der Waals surface area contributed by atoms with Crippen LogP contribution in [-0.2, 0) is 4.74 Å². The van der Waals surface area contributed by atoms with Crippen LogP contribution < -0.4 is 0 Å². The van der Waals surface area contributed by atoms with Gasteiger partial charge in [0.25, 0.3) is 0 Å². The fraction of sp³-hybridized carbons (Fsp3) is 1.00. The van der Waals surface area contributed by atoms with Crippen molar-refractivity contribution in [3.8, 4) is 0 Å². The van der Waals surface area contributed by atoms with Crippen molar-refractivity contribution >= 4 is 0 Å². The van der Waals surface area contributed by atoms with Crippen LogP contribution in [0.15, 0.2) is 0 Å². The number of piperazine rings is 1. The van der Waals surface area contributed by atoms with Crippen molar-refractivity contribution in [2.45, 2.75) is 77.1 Å². The Morgan fingerprint density at radius 2 is 1.64 bits per heavy atom. The number of nitrogens with zero attached hydrogens (tertiary/aromatic N) is 3. The maximum Gasteiger partial charge on any atom is 0.0599 e. The highest BCUT2D eigenvalue weighted by molar-refractivity contribution is 4.94. The lowest BCUT2D eigenvalue weighted by Crippen LogP contribution is -2.63. The second-order valence-electron chi connectivity index (χ2n) is 9.58. The molecule has 0 aromatic heterocycles. The number of rotatable bonds is 6. The van der Waals surface area contributed by atoms with E-state index in [1.807, 2.05) is 0 Å². The molecule has 0 aliphatic carbocycles. The van der Waals surface area contributed by atoms with Gasteiger partial charge < -0.3 is 14.7 Å². The summed E-state index contributed by atoms with van der Waals surface area (Å²) >= 11 is 0. The van der Waals surface area contributed by atoms with E-state index in [0.29, 0.717) is 6.04 Å². The molecule has 2 aliphatic heterocycles. The molecule has 5 heteroatoms. The summed E-state index contributed by atoms with van der Waals surface area (Å²) < 4.78 is 5.95. The maximum atomic E-state index is 10.0. The molecule has 2 fully saturated rings. The maximum absolute atomic E-state index is 10.0. The van der Waals surface area contributed by atoms with E-state index in [2.05, 4.69) is 56.4 Å². The number of likely N-dealkylation sites (tertiary alicyclic amines) is 1.